The molecule has 7 heteroatoms. The van der Waals surface area contributed by atoms with Gasteiger partial charge in [0, 0.05) is 24.0 Å². The molecule has 0 bridgehead atoms. The Morgan fingerprint density at radius 3 is 2.65 bits per heavy atom. The summed E-state index contributed by atoms with van der Waals surface area (Å²) < 4.78 is 19.2. The Balaban J connectivity index is 1.79. The van der Waals surface area contributed by atoms with Crippen LogP contribution in [0.5, 0.6) is 11.5 Å². The van der Waals surface area contributed by atoms with Gasteiger partial charge in [-0.15, -0.1) is 0 Å². The fourth-order valence-electron chi connectivity index (χ4n) is 1.86. The van der Waals surface area contributed by atoms with Gasteiger partial charge in [0.1, 0.15) is 23.6 Å². The van der Waals surface area contributed by atoms with Crippen LogP contribution >= 0.6 is 0 Å². The van der Waals surface area contributed by atoms with Crippen molar-refractivity contribution in [2.24, 2.45) is 0 Å². The molecular formula is C16H11FN4O2. The maximum Gasteiger partial charge on any atom is 0.274 e. The van der Waals surface area contributed by atoms with Crippen LogP contribution in [-0.4, -0.2) is 20.9 Å². The zero-order valence-electron chi connectivity index (χ0n) is 11.8. The number of ether oxygens (including phenoxy) is 1. The molecule has 0 spiro atoms. The summed E-state index contributed by atoms with van der Waals surface area (Å²) in [5.41, 5.74) is 0.489. The van der Waals surface area contributed by atoms with E-state index in [0.717, 1.165) is 0 Å². The van der Waals surface area contributed by atoms with Crippen molar-refractivity contribution in [3.05, 3.63) is 72.8 Å². The predicted octanol–water partition coefficient (Wildman–Crippen LogP) is 3.06. The van der Waals surface area contributed by atoms with Gasteiger partial charge in [0.2, 0.25) is 0 Å². The molecule has 2 aromatic heterocycles. The first-order valence-corrected chi connectivity index (χ1v) is 6.66. The largest absolute Gasteiger partial charge is 0.454 e. The standard InChI is InChI=1S/C16H11FN4O2/c17-11-5-12(21-16(22)15-3-1-2-4-20-15)7-13(6-11)23-14-8-18-10-19-9-14/h1-10H,(H,21,22). The molecule has 114 valence electrons. The third kappa shape index (κ3) is 3.85. The minimum atomic E-state index is -0.546. The highest BCUT2D eigenvalue weighted by Crippen LogP contribution is 2.25. The number of nitrogens with one attached hydrogen (secondary N) is 1. The molecule has 3 aromatic rings. The number of hydrogen-bond acceptors (Lipinski definition) is 5. The average Bonchev–Trinajstić information content (AvgIpc) is 2.56. The van der Waals surface area contributed by atoms with Crippen LogP contribution in [0.25, 0.3) is 0 Å². The molecule has 3 rings (SSSR count). The Hall–Kier alpha value is -3.35. The van der Waals surface area contributed by atoms with Crippen LogP contribution in [0.3, 0.4) is 0 Å². The first-order chi connectivity index (χ1) is 11.2. The fraction of sp³-hybridized carbons (Fsp3) is 0. The third-order valence-corrected chi connectivity index (χ3v) is 2.80. The number of amides is 1. The molecule has 0 aliphatic rings. The molecule has 0 fully saturated rings. The van der Waals surface area contributed by atoms with Crippen LogP contribution in [-0.2, 0) is 0 Å². The van der Waals surface area contributed by atoms with Gasteiger partial charge in [-0.2, -0.15) is 0 Å². The van der Waals surface area contributed by atoms with E-state index < -0.39 is 11.7 Å². The van der Waals surface area contributed by atoms with Gasteiger partial charge < -0.3 is 10.1 Å². The second kappa shape index (κ2) is 6.61. The number of carbonyl (C=O) groups excluding carboxylic acids is 1. The maximum absolute atomic E-state index is 13.7. The smallest absolute Gasteiger partial charge is 0.274 e. The van der Waals surface area contributed by atoms with Gasteiger partial charge >= 0.3 is 0 Å². The molecule has 1 amide bonds. The van der Waals surface area contributed by atoms with Crippen LogP contribution in [0.2, 0.25) is 0 Å². The van der Waals surface area contributed by atoms with Crippen molar-refractivity contribution in [1.82, 2.24) is 15.0 Å². The quantitative estimate of drug-likeness (QED) is 0.801. The lowest BCUT2D eigenvalue weighted by atomic mass is 10.2. The molecule has 1 aromatic carbocycles. The van der Waals surface area contributed by atoms with Crippen LogP contribution < -0.4 is 10.1 Å². The Labute approximate surface area is 131 Å². The first-order valence-electron chi connectivity index (χ1n) is 6.66. The summed E-state index contributed by atoms with van der Waals surface area (Å²) in [7, 11) is 0. The van der Waals surface area contributed by atoms with Crippen molar-refractivity contribution in [2.75, 3.05) is 5.32 Å². The number of aromatic nitrogens is 3. The molecule has 0 radical (unpaired) electrons. The van der Waals surface area contributed by atoms with Crippen molar-refractivity contribution in [1.29, 1.82) is 0 Å². The normalized spacial score (nSPS) is 10.1. The third-order valence-electron chi connectivity index (χ3n) is 2.80. The minimum absolute atomic E-state index is 0.219. The van der Waals surface area contributed by atoms with E-state index in [9.17, 15) is 9.18 Å². The highest BCUT2D eigenvalue weighted by Gasteiger charge is 2.09. The van der Waals surface area contributed by atoms with Gasteiger partial charge in [-0.05, 0) is 18.2 Å². The van der Waals surface area contributed by atoms with E-state index in [4.69, 9.17) is 4.74 Å². The fourth-order valence-corrected chi connectivity index (χ4v) is 1.86. The molecule has 1 N–H and O–H groups in total. The zero-order valence-corrected chi connectivity index (χ0v) is 11.8. The molecule has 0 saturated carbocycles. The maximum atomic E-state index is 13.7. The van der Waals surface area contributed by atoms with E-state index in [1.54, 1.807) is 18.2 Å². The van der Waals surface area contributed by atoms with Gasteiger partial charge in [0.15, 0.2) is 5.75 Å². The Kier molecular flexibility index (Phi) is 4.19. The second-order valence-electron chi connectivity index (χ2n) is 4.52. The summed E-state index contributed by atoms with van der Waals surface area (Å²) in [5.74, 6) is -0.405. The van der Waals surface area contributed by atoms with Crippen LogP contribution in [0.4, 0.5) is 10.1 Å². The minimum Gasteiger partial charge on any atom is -0.454 e. The van der Waals surface area contributed by atoms with Crippen molar-refractivity contribution >= 4 is 11.6 Å². The lowest BCUT2D eigenvalue weighted by molar-refractivity contribution is 0.102. The van der Waals surface area contributed by atoms with E-state index in [1.807, 2.05) is 0 Å². The number of hydrogen-bond donors (Lipinski definition) is 1. The molecule has 23 heavy (non-hydrogen) atoms. The highest BCUT2D eigenvalue weighted by atomic mass is 19.1. The summed E-state index contributed by atoms with van der Waals surface area (Å²) in [6, 6.07) is 8.84. The number of anilines is 1. The Bertz CT molecular complexity index is 813. The molecule has 0 aliphatic heterocycles. The van der Waals surface area contributed by atoms with E-state index in [-0.39, 0.29) is 17.1 Å². The Morgan fingerprint density at radius 1 is 1.09 bits per heavy atom. The van der Waals surface area contributed by atoms with Crippen LogP contribution in [0.1, 0.15) is 10.5 Å². The molecule has 0 atom stereocenters. The van der Waals surface area contributed by atoms with Crippen molar-refractivity contribution < 1.29 is 13.9 Å². The highest BCUT2D eigenvalue weighted by molar-refractivity contribution is 6.02. The van der Waals surface area contributed by atoms with Gasteiger partial charge in [-0.25, -0.2) is 14.4 Å². The lowest BCUT2D eigenvalue weighted by Gasteiger charge is -2.09. The number of carbonyl (C=O) groups is 1. The SMILES string of the molecule is O=C(Nc1cc(F)cc(Oc2cncnc2)c1)c1ccccn1. The van der Waals surface area contributed by atoms with Crippen molar-refractivity contribution in [3.8, 4) is 11.5 Å². The van der Waals surface area contributed by atoms with E-state index in [0.29, 0.717) is 5.75 Å². The van der Waals surface area contributed by atoms with Crippen molar-refractivity contribution in [3.63, 3.8) is 0 Å². The summed E-state index contributed by atoms with van der Waals surface area (Å²) >= 11 is 0. The number of pyridine rings is 1. The van der Waals surface area contributed by atoms with E-state index in [1.165, 1.54) is 43.1 Å². The lowest BCUT2D eigenvalue weighted by Crippen LogP contribution is -2.13. The molecule has 6 nitrogen and oxygen atoms in total. The molecule has 0 saturated heterocycles. The summed E-state index contributed by atoms with van der Waals surface area (Å²) in [6.45, 7) is 0. The van der Waals surface area contributed by atoms with Gasteiger partial charge in [0.25, 0.3) is 5.91 Å². The van der Waals surface area contributed by atoms with Gasteiger partial charge in [-0.1, -0.05) is 6.07 Å². The zero-order chi connectivity index (χ0) is 16.1. The number of nitrogens with zero attached hydrogens (tertiary/aromatic N) is 3. The second-order valence-corrected chi connectivity index (χ2v) is 4.52. The topological polar surface area (TPSA) is 77.0 Å². The molecule has 0 unspecified atom stereocenters. The predicted molar refractivity (Wildman–Crippen MR) is 80.7 cm³/mol. The summed E-state index contributed by atoms with van der Waals surface area (Å²) in [5, 5.41) is 2.57. The molecular weight excluding hydrogens is 299 g/mol. The van der Waals surface area contributed by atoms with E-state index >= 15 is 0 Å². The van der Waals surface area contributed by atoms with Crippen LogP contribution in [0, 0.1) is 5.82 Å². The molecule has 0 aliphatic carbocycles. The van der Waals surface area contributed by atoms with Crippen LogP contribution in [0.15, 0.2) is 61.3 Å². The van der Waals surface area contributed by atoms with Gasteiger partial charge in [0.05, 0.1) is 12.4 Å². The number of halogens is 1. The van der Waals surface area contributed by atoms with Crippen molar-refractivity contribution in [2.45, 2.75) is 0 Å². The number of benzene rings is 1. The average molecular weight is 310 g/mol. The van der Waals surface area contributed by atoms with E-state index in [2.05, 4.69) is 20.3 Å². The summed E-state index contributed by atoms with van der Waals surface area (Å²) in [6.07, 6.45) is 5.76. The van der Waals surface area contributed by atoms with Gasteiger partial charge in [-0.3, -0.25) is 9.78 Å². The summed E-state index contributed by atoms with van der Waals surface area (Å²) in [4.78, 5) is 23.6. The molecule has 2 heterocycles. The first kappa shape index (κ1) is 14.6. The monoisotopic (exact) mass is 310 g/mol. The number of rotatable bonds is 4. The Morgan fingerprint density at radius 2 is 1.91 bits per heavy atom.